The summed E-state index contributed by atoms with van der Waals surface area (Å²) in [6.45, 7) is 0.787. The van der Waals surface area contributed by atoms with Gasteiger partial charge in [0.15, 0.2) is 0 Å². The maximum Gasteiger partial charge on any atom is 0.323 e. The molecule has 0 radical (unpaired) electrons. The molecule has 126 valence electrons. The zero-order chi connectivity index (χ0) is 16.9. The first-order chi connectivity index (χ1) is 11.6. The lowest BCUT2D eigenvalue weighted by atomic mass is 10.0. The number of anilines is 2. The molecule has 2 amide bonds. The molecule has 0 spiro atoms. The molecular weight excluding hydrogens is 302 g/mol. The van der Waals surface area contributed by atoms with E-state index in [4.69, 9.17) is 0 Å². The van der Waals surface area contributed by atoms with Crippen LogP contribution < -0.4 is 10.2 Å². The first kappa shape index (κ1) is 16.2. The molecule has 2 aromatic rings. The van der Waals surface area contributed by atoms with Crippen LogP contribution in [0.5, 0.6) is 0 Å². The van der Waals surface area contributed by atoms with E-state index in [1.54, 1.807) is 6.07 Å². The Balaban J connectivity index is 1.66. The summed E-state index contributed by atoms with van der Waals surface area (Å²) in [5.74, 6) is 1.30. The Labute approximate surface area is 142 Å². The van der Waals surface area contributed by atoms with Gasteiger partial charge in [0.05, 0.1) is 0 Å². The molecule has 0 aliphatic carbocycles. The van der Waals surface area contributed by atoms with Crippen LogP contribution >= 0.6 is 0 Å². The van der Waals surface area contributed by atoms with E-state index in [9.17, 15) is 4.79 Å². The van der Waals surface area contributed by atoms with Gasteiger partial charge in [-0.15, -0.1) is 0 Å². The highest BCUT2D eigenvalue weighted by atomic mass is 16.2. The van der Waals surface area contributed by atoms with Crippen LogP contribution in [-0.4, -0.2) is 47.6 Å². The number of urea groups is 1. The summed E-state index contributed by atoms with van der Waals surface area (Å²) in [6.07, 6.45) is 4.43. The fourth-order valence-electron chi connectivity index (χ4n) is 3.04. The number of likely N-dealkylation sites (tertiary alicyclic amines) is 1. The quantitative estimate of drug-likeness (QED) is 0.939. The Morgan fingerprint density at radius 3 is 2.83 bits per heavy atom. The number of nitrogens with one attached hydrogen (secondary N) is 1. The summed E-state index contributed by atoms with van der Waals surface area (Å²) in [5, 5.41) is 2.90. The van der Waals surface area contributed by atoms with Gasteiger partial charge in [-0.3, -0.25) is 5.32 Å². The van der Waals surface area contributed by atoms with Crippen molar-refractivity contribution >= 4 is 17.7 Å². The van der Waals surface area contributed by atoms with Gasteiger partial charge in [0.25, 0.3) is 0 Å². The van der Waals surface area contributed by atoms with E-state index in [0.29, 0.717) is 5.82 Å². The largest absolute Gasteiger partial charge is 0.363 e. The van der Waals surface area contributed by atoms with Gasteiger partial charge < -0.3 is 9.80 Å². The van der Waals surface area contributed by atoms with Crippen molar-refractivity contribution in [2.45, 2.75) is 25.3 Å². The highest BCUT2D eigenvalue weighted by molar-refractivity contribution is 5.89. The zero-order valence-electron chi connectivity index (χ0n) is 14.1. The fraction of sp³-hybridized carbons (Fsp3) is 0.389. The van der Waals surface area contributed by atoms with Crippen molar-refractivity contribution < 1.29 is 4.79 Å². The number of carbonyl (C=O) groups is 1. The second-order valence-electron chi connectivity index (χ2n) is 6.27. The molecule has 1 aromatic heterocycles. The molecule has 1 unspecified atom stereocenters. The van der Waals surface area contributed by atoms with Crippen LogP contribution in [0.2, 0.25) is 0 Å². The number of amides is 2. The van der Waals surface area contributed by atoms with Crippen molar-refractivity contribution in [2.24, 2.45) is 0 Å². The minimum absolute atomic E-state index is 0.0863. The maximum atomic E-state index is 12.6. The second-order valence-corrected chi connectivity index (χ2v) is 6.27. The number of nitrogens with zero attached hydrogens (tertiary/aromatic N) is 4. The first-order valence-electron chi connectivity index (χ1n) is 8.24. The van der Waals surface area contributed by atoms with E-state index in [2.05, 4.69) is 27.4 Å². The van der Waals surface area contributed by atoms with Crippen molar-refractivity contribution in [1.82, 2.24) is 14.9 Å². The Kier molecular flexibility index (Phi) is 4.93. The average molecular weight is 325 g/mol. The van der Waals surface area contributed by atoms with Crippen LogP contribution in [0.1, 0.15) is 18.4 Å². The van der Waals surface area contributed by atoms with Crippen molar-refractivity contribution in [3.63, 3.8) is 0 Å². The molecule has 6 nitrogen and oxygen atoms in total. The maximum absolute atomic E-state index is 12.6. The molecule has 1 atom stereocenters. The van der Waals surface area contributed by atoms with Gasteiger partial charge in [0.1, 0.15) is 18.0 Å². The zero-order valence-corrected chi connectivity index (χ0v) is 14.1. The summed E-state index contributed by atoms with van der Waals surface area (Å²) >= 11 is 0. The van der Waals surface area contributed by atoms with Gasteiger partial charge >= 0.3 is 6.03 Å². The first-order valence-corrected chi connectivity index (χ1v) is 8.24. The van der Waals surface area contributed by atoms with Crippen LogP contribution in [0, 0.1) is 0 Å². The number of carbonyl (C=O) groups excluding carboxylic acids is 1. The van der Waals surface area contributed by atoms with Gasteiger partial charge in [-0.05, 0) is 24.8 Å². The van der Waals surface area contributed by atoms with Crippen molar-refractivity contribution in [2.75, 3.05) is 30.9 Å². The monoisotopic (exact) mass is 325 g/mol. The third-order valence-electron chi connectivity index (χ3n) is 4.30. The highest BCUT2D eigenvalue weighted by Crippen LogP contribution is 2.22. The smallest absolute Gasteiger partial charge is 0.323 e. The molecular formula is C18H23N5O. The Morgan fingerprint density at radius 1 is 1.29 bits per heavy atom. The predicted octanol–water partition coefficient (Wildman–Crippen LogP) is 2.78. The predicted molar refractivity (Wildman–Crippen MR) is 95.3 cm³/mol. The van der Waals surface area contributed by atoms with Crippen molar-refractivity contribution in [1.29, 1.82) is 0 Å². The molecule has 0 saturated carbocycles. The number of rotatable bonds is 4. The summed E-state index contributed by atoms with van der Waals surface area (Å²) < 4.78 is 0. The summed E-state index contributed by atoms with van der Waals surface area (Å²) in [6, 6.07) is 12.3. The van der Waals surface area contributed by atoms with Crippen molar-refractivity contribution in [3.05, 3.63) is 48.3 Å². The fourth-order valence-corrected chi connectivity index (χ4v) is 3.04. The van der Waals surface area contributed by atoms with E-state index >= 15 is 0 Å². The van der Waals surface area contributed by atoms with Crippen molar-refractivity contribution in [3.8, 4) is 0 Å². The van der Waals surface area contributed by atoms with Crippen LogP contribution in [0.15, 0.2) is 42.7 Å². The highest BCUT2D eigenvalue weighted by Gasteiger charge is 2.29. The molecule has 1 aliphatic rings. The number of aromatic nitrogens is 2. The molecule has 1 saturated heterocycles. The Morgan fingerprint density at radius 2 is 2.08 bits per heavy atom. The molecule has 3 rings (SSSR count). The van der Waals surface area contributed by atoms with Gasteiger partial charge in [0.2, 0.25) is 0 Å². The lowest BCUT2D eigenvalue weighted by Gasteiger charge is -2.25. The number of hydrogen-bond acceptors (Lipinski definition) is 4. The normalized spacial score (nSPS) is 16.9. The third kappa shape index (κ3) is 3.82. The van der Waals surface area contributed by atoms with E-state index < -0.39 is 0 Å². The Hall–Kier alpha value is -2.63. The molecule has 0 bridgehead atoms. The molecule has 2 heterocycles. The SMILES string of the molecule is CN(C)c1cc(NC(=O)N2CCCC2Cc2ccccc2)ncn1. The lowest BCUT2D eigenvalue weighted by Crippen LogP contribution is -2.40. The summed E-state index contributed by atoms with van der Waals surface area (Å²) in [4.78, 5) is 24.7. The van der Waals surface area contributed by atoms with Crippen LogP contribution in [0.4, 0.5) is 16.4 Å². The van der Waals surface area contributed by atoms with Gasteiger partial charge in [-0.25, -0.2) is 14.8 Å². The molecule has 24 heavy (non-hydrogen) atoms. The summed E-state index contributed by atoms with van der Waals surface area (Å²) in [7, 11) is 3.81. The van der Waals surface area contributed by atoms with Crippen LogP contribution in [0.3, 0.4) is 0 Å². The van der Waals surface area contributed by atoms with Crippen LogP contribution in [0.25, 0.3) is 0 Å². The average Bonchev–Trinajstić information content (AvgIpc) is 3.04. The lowest BCUT2D eigenvalue weighted by molar-refractivity contribution is 0.206. The van der Waals surface area contributed by atoms with Crippen LogP contribution in [-0.2, 0) is 6.42 Å². The minimum Gasteiger partial charge on any atom is -0.363 e. The topological polar surface area (TPSA) is 61.4 Å². The molecule has 1 aliphatic heterocycles. The minimum atomic E-state index is -0.0863. The third-order valence-corrected chi connectivity index (χ3v) is 4.30. The van der Waals surface area contributed by atoms with E-state index in [1.165, 1.54) is 11.9 Å². The summed E-state index contributed by atoms with van der Waals surface area (Å²) in [5.41, 5.74) is 1.26. The number of benzene rings is 1. The Bertz CT molecular complexity index is 689. The molecule has 1 fully saturated rings. The second kappa shape index (κ2) is 7.29. The number of hydrogen-bond donors (Lipinski definition) is 1. The van der Waals surface area contributed by atoms with E-state index in [-0.39, 0.29) is 12.1 Å². The molecule has 1 aromatic carbocycles. The van der Waals surface area contributed by atoms with Gasteiger partial charge in [-0.2, -0.15) is 0 Å². The van der Waals surface area contributed by atoms with Gasteiger partial charge in [-0.1, -0.05) is 30.3 Å². The van der Waals surface area contributed by atoms with E-state index in [0.717, 1.165) is 31.6 Å². The van der Waals surface area contributed by atoms with E-state index in [1.807, 2.05) is 42.1 Å². The molecule has 1 N–H and O–H groups in total. The standard InChI is InChI=1S/C18H23N5O/c1-22(2)17-12-16(19-13-20-17)21-18(24)23-10-6-9-15(23)11-14-7-4-3-5-8-14/h3-5,7-8,12-13,15H,6,9-11H2,1-2H3,(H,19,20,21,24). The molecule has 6 heteroatoms. The van der Waals surface area contributed by atoms with Gasteiger partial charge in [0, 0.05) is 32.7 Å².